The van der Waals surface area contributed by atoms with Crippen LogP contribution in [0.25, 0.3) is 0 Å². The summed E-state index contributed by atoms with van der Waals surface area (Å²) >= 11 is 0. The Morgan fingerprint density at radius 1 is 1.20 bits per heavy atom. The molecule has 0 aliphatic rings. The number of halogens is 3. The van der Waals surface area contributed by atoms with E-state index >= 15 is 0 Å². The molecule has 0 fully saturated rings. The molecule has 0 amide bonds. The maximum Gasteiger partial charge on any atom is 0.416 e. The molecule has 0 spiro atoms. The first-order valence-corrected chi connectivity index (χ1v) is 7.45. The zero-order chi connectivity index (χ0) is 15.6. The molecule has 0 bridgehead atoms. The van der Waals surface area contributed by atoms with Gasteiger partial charge in [0.1, 0.15) is 0 Å². The van der Waals surface area contributed by atoms with Crippen molar-refractivity contribution in [2.75, 3.05) is 6.54 Å². The van der Waals surface area contributed by atoms with Crippen LogP contribution in [0.1, 0.15) is 19.4 Å². The van der Waals surface area contributed by atoms with Gasteiger partial charge < -0.3 is 5.73 Å². The van der Waals surface area contributed by atoms with Gasteiger partial charge >= 0.3 is 6.18 Å². The molecular weight excluding hydrogens is 293 g/mol. The van der Waals surface area contributed by atoms with Crippen LogP contribution in [0, 0.1) is 5.92 Å². The largest absolute Gasteiger partial charge is 0.416 e. The van der Waals surface area contributed by atoms with Gasteiger partial charge in [-0.15, -0.1) is 0 Å². The van der Waals surface area contributed by atoms with Gasteiger partial charge in [-0.1, -0.05) is 13.8 Å². The molecule has 20 heavy (non-hydrogen) atoms. The monoisotopic (exact) mass is 310 g/mol. The Balaban J connectivity index is 2.83. The lowest BCUT2D eigenvalue weighted by Gasteiger charge is -2.16. The van der Waals surface area contributed by atoms with E-state index in [-0.39, 0.29) is 23.4 Å². The van der Waals surface area contributed by atoms with Crippen LogP contribution in [0.2, 0.25) is 0 Å². The normalized spacial score (nSPS) is 14.6. The summed E-state index contributed by atoms with van der Waals surface area (Å²) in [6.45, 7) is 3.72. The van der Waals surface area contributed by atoms with Gasteiger partial charge in [0.15, 0.2) is 0 Å². The molecule has 0 radical (unpaired) electrons. The van der Waals surface area contributed by atoms with E-state index in [0.29, 0.717) is 0 Å². The lowest BCUT2D eigenvalue weighted by molar-refractivity contribution is -0.137. The molecule has 1 aromatic rings. The first-order chi connectivity index (χ1) is 9.04. The van der Waals surface area contributed by atoms with Gasteiger partial charge in [0.25, 0.3) is 0 Å². The summed E-state index contributed by atoms with van der Waals surface area (Å²) in [6.07, 6.45) is -4.49. The van der Waals surface area contributed by atoms with Crippen molar-refractivity contribution in [3.63, 3.8) is 0 Å². The molecule has 0 aromatic heterocycles. The Kier molecular flexibility index (Phi) is 5.17. The Labute approximate surface area is 116 Å². The first-order valence-electron chi connectivity index (χ1n) is 5.96. The van der Waals surface area contributed by atoms with Gasteiger partial charge in [0, 0.05) is 12.6 Å². The van der Waals surface area contributed by atoms with E-state index in [0.717, 1.165) is 24.3 Å². The number of alkyl halides is 3. The van der Waals surface area contributed by atoms with Crippen molar-refractivity contribution in [2.45, 2.75) is 31.0 Å². The van der Waals surface area contributed by atoms with Crippen molar-refractivity contribution in [1.29, 1.82) is 0 Å². The maximum absolute atomic E-state index is 12.4. The molecule has 0 saturated heterocycles. The molecule has 1 atom stereocenters. The summed E-state index contributed by atoms with van der Waals surface area (Å²) < 4.78 is 63.2. The number of hydrogen-bond donors (Lipinski definition) is 2. The third-order valence-electron chi connectivity index (χ3n) is 2.86. The Morgan fingerprint density at radius 2 is 1.70 bits per heavy atom. The molecule has 0 aliphatic carbocycles. The molecule has 1 rings (SSSR count). The van der Waals surface area contributed by atoms with Crippen LogP contribution in [0.3, 0.4) is 0 Å². The lowest BCUT2D eigenvalue weighted by atomic mass is 10.1. The molecule has 1 unspecified atom stereocenters. The Hall–Kier alpha value is -1.12. The van der Waals surface area contributed by atoms with Crippen molar-refractivity contribution >= 4 is 10.0 Å². The Morgan fingerprint density at radius 3 is 2.10 bits per heavy atom. The highest BCUT2D eigenvalue weighted by molar-refractivity contribution is 7.89. The number of benzene rings is 1. The highest BCUT2D eigenvalue weighted by Crippen LogP contribution is 2.29. The number of sulfonamides is 1. The lowest BCUT2D eigenvalue weighted by Crippen LogP contribution is -2.40. The fraction of sp³-hybridized carbons (Fsp3) is 0.500. The standard InChI is InChI=1S/C12H17F3N2O2S/c1-8(2)11(16)7-17-20(18,19)10-5-3-9(4-6-10)12(13,14)15/h3-6,8,11,17H,7,16H2,1-2H3. The van der Waals surface area contributed by atoms with Crippen molar-refractivity contribution in [1.82, 2.24) is 4.72 Å². The van der Waals surface area contributed by atoms with E-state index in [1.807, 2.05) is 13.8 Å². The topological polar surface area (TPSA) is 72.2 Å². The second kappa shape index (κ2) is 6.11. The molecule has 8 heteroatoms. The summed E-state index contributed by atoms with van der Waals surface area (Å²) in [5.74, 6) is 0.0882. The van der Waals surface area contributed by atoms with Crippen molar-refractivity contribution in [2.24, 2.45) is 11.7 Å². The summed E-state index contributed by atoms with van der Waals surface area (Å²) in [6, 6.07) is 2.95. The molecule has 1 aromatic carbocycles. The van der Waals surface area contributed by atoms with Crippen LogP contribution in [0.4, 0.5) is 13.2 Å². The molecule has 0 aliphatic heterocycles. The summed E-state index contributed by atoms with van der Waals surface area (Å²) in [5, 5.41) is 0. The SMILES string of the molecule is CC(C)C(N)CNS(=O)(=O)c1ccc(C(F)(F)F)cc1. The quantitative estimate of drug-likeness (QED) is 0.873. The molecular formula is C12H17F3N2O2S. The maximum atomic E-state index is 12.4. The minimum Gasteiger partial charge on any atom is -0.326 e. The first kappa shape index (κ1) is 16.9. The average molecular weight is 310 g/mol. The predicted molar refractivity (Wildman–Crippen MR) is 69.4 cm³/mol. The van der Waals surface area contributed by atoms with E-state index in [1.165, 1.54) is 0 Å². The van der Waals surface area contributed by atoms with Crippen molar-refractivity contribution in [3.8, 4) is 0 Å². The molecule has 3 N–H and O–H groups in total. The minimum atomic E-state index is -4.49. The van der Waals surface area contributed by atoms with Crippen LogP contribution < -0.4 is 10.5 Å². The minimum absolute atomic E-state index is 0.0288. The fourth-order valence-electron chi connectivity index (χ4n) is 1.35. The molecule has 114 valence electrons. The Bertz CT molecular complexity index is 539. The van der Waals surface area contributed by atoms with E-state index in [9.17, 15) is 21.6 Å². The van der Waals surface area contributed by atoms with Gasteiger partial charge in [0.2, 0.25) is 10.0 Å². The smallest absolute Gasteiger partial charge is 0.326 e. The van der Waals surface area contributed by atoms with Crippen molar-refractivity contribution in [3.05, 3.63) is 29.8 Å². The van der Waals surface area contributed by atoms with Gasteiger partial charge in [0.05, 0.1) is 10.5 Å². The highest BCUT2D eigenvalue weighted by atomic mass is 32.2. The predicted octanol–water partition coefficient (Wildman–Crippen LogP) is 1.97. The second-order valence-corrected chi connectivity index (χ2v) is 6.55. The third kappa shape index (κ3) is 4.46. The van der Waals surface area contributed by atoms with Gasteiger partial charge in [-0.2, -0.15) is 13.2 Å². The molecule has 0 heterocycles. The summed E-state index contributed by atoms with van der Waals surface area (Å²) in [7, 11) is -3.85. The second-order valence-electron chi connectivity index (χ2n) is 4.78. The van der Waals surface area contributed by atoms with E-state index < -0.39 is 21.8 Å². The number of nitrogens with two attached hydrogens (primary N) is 1. The van der Waals surface area contributed by atoms with Gasteiger partial charge in [-0.25, -0.2) is 13.1 Å². The van der Waals surface area contributed by atoms with Gasteiger partial charge in [-0.3, -0.25) is 0 Å². The highest BCUT2D eigenvalue weighted by Gasteiger charge is 2.30. The zero-order valence-electron chi connectivity index (χ0n) is 11.1. The zero-order valence-corrected chi connectivity index (χ0v) is 11.9. The van der Waals surface area contributed by atoms with E-state index in [4.69, 9.17) is 5.73 Å². The van der Waals surface area contributed by atoms with Crippen molar-refractivity contribution < 1.29 is 21.6 Å². The third-order valence-corrected chi connectivity index (χ3v) is 4.30. The van der Waals surface area contributed by atoms with Crippen LogP contribution >= 0.6 is 0 Å². The van der Waals surface area contributed by atoms with Crippen LogP contribution in [-0.2, 0) is 16.2 Å². The van der Waals surface area contributed by atoms with Gasteiger partial charge in [-0.05, 0) is 30.2 Å². The van der Waals surface area contributed by atoms with E-state index in [1.54, 1.807) is 0 Å². The van der Waals surface area contributed by atoms with Crippen LogP contribution in [0.15, 0.2) is 29.2 Å². The number of nitrogens with one attached hydrogen (secondary N) is 1. The van der Waals surface area contributed by atoms with E-state index in [2.05, 4.69) is 4.72 Å². The van der Waals surface area contributed by atoms with Crippen LogP contribution in [0.5, 0.6) is 0 Å². The average Bonchev–Trinajstić information content (AvgIpc) is 2.35. The summed E-state index contributed by atoms with van der Waals surface area (Å²) in [5.41, 5.74) is 4.81. The molecule has 0 saturated carbocycles. The van der Waals surface area contributed by atoms with Crippen LogP contribution in [-0.4, -0.2) is 21.0 Å². The fourth-order valence-corrected chi connectivity index (χ4v) is 2.42. The molecule has 4 nitrogen and oxygen atoms in total. The number of hydrogen-bond acceptors (Lipinski definition) is 3. The summed E-state index contributed by atoms with van der Waals surface area (Å²) in [4.78, 5) is -0.221. The number of rotatable bonds is 5.